The van der Waals surface area contributed by atoms with E-state index < -0.39 is 5.97 Å². The van der Waals surface area contributed by atoms with Crippen molar-refractivity contribution in [1.82, 2.24) is 0 Å². The Balaban J connectivity index is 1.79. The first kappa shape index (κ1) is 14.9. The monoisotopic (exact) mass is 304 g/mol. The number of carbonyl (C=O) groups is 1. The van der Waals surface area contributed by atoms with Crippen molar-refractivity contribution >= 4 is 5.97 Å². The van der Waals surface area contributed by atoms with Crippen molar-refractivity contribution in [3.8, 4) is 16.9 Å². The van der Waals surface area contributed by atoms with Crippen LogP contribution in [-0.2, 0) is 4.89 Å². The maximum atomic E-state index is 12.3. The summed E-state index contributed by atoms with van der Waals surface area (Å²) in [6.07, 6.45) is 0. The first-order valence-corrected chi connectivity index (χ1v) is 7.34. The van der Waals surface area contributed by atoms with E-state index in [1.54, 1.807) is 24.3 Å². The van der Waals surface area contributed by atoms with Crippen LogP contribution in [0.15, 0.2) is 78.9 Å². The number of benzene rings is 3. The zero-order chi connectivity index (χ0) is 16.1. The van der Waals surface area contributed by atoms with Crippen LogP contribution < -0.4 is 4.89 Å². The van der Waals surface area contributed by atoms with Gasteiger partial charge in [-0.05, 0) is 36.2 Å². The highest BCUT2D eigenvalue weighted by atomic mass is 17.2. The third kappa shape index (κ3) is 3.58. The molecule has 0 aliphatic rings. The highest BCUT2D eigenvalue weighted by Gasteiger charge is 2.15. The van der Waals surface area contributed by atoms with Crippen LogP contribution in [-0.4, -0.2) is 5.97 Å². The van der Waals surface area contributed by atoms with Gasteiger partial charge in [-0.25, -0.2) is 9.68 Å². The third-order valence-corrected chi connectivity index (χ3v) is 3.47. The van der Waals surface area contributed by atoms with Crippen molar-refractivity contribution < 1.29 is 14.6 Å². The summed E-state index contributed by atoms with van der Waals surface area (Å²) in [6.45, 7) is 1.98. The lowest BCUT2D eigenvalue weighted by molar-refractivity contribution is -0.149. The van der Waals surface area contributed by atoms with E-state index in [-0.39, 0.29) is 0 Å². The summed E-state index contributed by atoms with van der Waals surface area (Å²) in [7, 11) is 0. The van der Waals surface area contributed by atoms with E-state index in [1.165, 1.54) is 0 Å². The molecule has 0 N–H and O–H groups in total. The van der Waals surface area contributed by atoms with Crippen LogP contribution in [0.2, 0.25) is 0 Å². The molecule has 23 heavy (non-hydrogen) atoms. The van der Waals surface area contributed by atoms with Crippen LogP contribution in [0.4, 0.5) is 0 Å². The summed E-state index contributed by atoms with van der Waals surface area (Å²) in [4.78, 5) is 22.4. The van der Waals surface area contributed by atoms with E-state index in [4.69, 9.17) is 9.78 Å². The predicted molar refractivity (Wildman–Crippen MR) is 89.1 cm³/mol. The molecule has 0 atom stereocenters. The van der Waals surface area contributed by atoms with Gasteiger partial charge in [-0.2, -0.15) is 0 Å². The predicted octanol–water partition coefficient (Wildman–Crippen LogP) is 4.81. The fourth-order valence-corrected chi connectivity index (χ4v) is 2.26. The maximum Gasteiger partial charge on any atom is 0.386 e. The van der Waals surface area contributed by atoms with Gasteiger partial charge in [0.05, 0.1) is 5.56 Å². The SMILES string of the molecule is Cc1ccc(OOC(=O)c2ccccc2-c2ccccc2)cc1. The molecule has 0 unspecified atom stereocenters. The molecular formula is C20H16O3. The van der Waals surface area contributed by atoms with Gasteiger partial charge in [-0.15, -0.1) is 0 Å². The Hall–Kier alpha value is -3.07. The van der Waals surface area contributed by atoms with Gasteiger partial charge in [-0.1, -0.05) is 66.2 Å². The van der Waals surface area contributed by atoms with Gasteiger partial charge in [0.15, 0.2) is 5.75 Å². The van der Waals surface area contributed by atoms with E-state index in [9.17, 15) is 4.79 Å². The molecule has 0 radical (unpaired) electrons. The highest BCUT2D eigenvalue weighted by molar-refractivity contribution is 5.97. The molecule has 0 aromatic heterocycles. The van der Waals surface area contributed by atoms with Gasteiger partial charge in [0.2, 0.25) is 0 Å². The Morgan fingerprint density at radius 2 is 1.43 bits per heavy atom. The standard InChI is InChI=1S/C20H16O3/c1-15-11-13-17(14-12-15)22-23-20(21)19-10-6-5-9-18(19)16-7-3-2-4-8-16/h2-14H,1H3. The van der Waals surface area contributed by atoms with E-state index in [0.29, 0.717) is 11.3 Å². The summed E-state index contributed by atoms with van der Waals surface area (Å²) in [5.41, 5.74) is 3.34. The van der Waals surface area contributed by atoms with Crippen LogP contribution in [0.3, 0.4) is 0 Å². The molecule has 0 saturated carbocycles. The molecule has 3 nitrogen and oxygen atoms in total. The second kappa shape index (κ2) is 6.79. The average molecular weight is 304 g/mol. The van der Waals surface area contributed by atoms with Gasteiger partial charge in [0.25, 0.3) is 0 Å². The zero-order valence-corrected chi connectivity index (χ0v) is 12.7. The van der Waals surface area contributed by atoms with Crippen molar-refractivity contribution in [2.24, 2.45) is 0 Å². The van der Waals surface area contributed by atoms with Gasteiger partial charge in [0, 0.05) is 0 Å². The number of hydrogen-bond donors (Lipinski definition) is 0. The minimum absolute atomic E-state index is 0.464. The molecule has 0 spiro atoms. The van der Waals surface area contributed by atoms with Crippen LogP contribution in [0.5, 0.6) is 5.75 Å². The van der Waals surface area contributed by atoms with Gasteiger partial charge < -0.3 is 0 Å². The summed E-state index contributed by atoms with van der Waals surface area (Å²) in [5, 5.41) is 0. The first-order valence-electron chi connectivity index (χ1n) is 7.34. The van der Waals surface area contributed by atoms with Crippen LogP contribution in [0, 0.1) is 6.92 Å². The van der Waals surface area contributed by atoms with Crippen molar-refractivity contribution in [2.75, 3.05) is 0 Å². The minimum atomic E-state index is -0.523. The molecule has 0 bridgehead atoms. The van der Waals surface area contributed by atoms with Gasteiger partial charge in [0.1, 0.15) is 0 Å². The first-order chi connectivity index (χ1) is 11.2. The van der Waals surface area contributed by atoms with Crippen LogP contribution in [0.1, 0.15) is 15.9 Å². The highest BCUT2D eigenvalue weighted by Crippen LogP contribution is 2.24. The van der Waals surface area contributed by atoms with Crippen LogP contribution in [0.25, 0.3) is 11.1 Å². The van der Waals surface area contributed by atoms with E-state index in [2.05, 4.69) is 0 Å². The second-order valence-corrected chi connectivity index (χ2v) is 5.18. The Bertz CT molecular complexity index is 793. The Morgan fingerprint density at radius 3 is 2.17 bits per heavy atom. The molecule has 0 aliphatic carbocycles. The van der Waals surface area contributed by atoms with E-state index >= 15 is 0 Å². The van der Waals surface area contributed by atoms with E-state index in [1.807, 2.05) is 61.5 Å². The molecule has 3 aromatic carbocycles. The number of rotatable bonds is 4. The normalized spacial score (nSPS) is 10.1. The Morgan fingerprint density at radius 1 is 0.783 bits per heavy atom. The quantitative estimate of drug-likeness (QED) is 0.512. The molecule has 3 heteroatoms. The topological polar surface area (TPSA) is 35.5 Å². The largest absolute Gasteiger partial charge is 0.386 e. The fourth-order valence-electron chi connectivity index (χ4n) is 2.26. The summed E-state index contributed by atoms with van der Waals surface area (Å²) in [6, 6.07) is 24.3. The number of hydrogen-bond acceptors (Lipinski definition) is 3. The van der Waals surface area contributed by atoms with Crippen molar-refractivity contribution in [3.05, 3.63) is 90.0 Å². The molecule has 3 rings (SSSR count). The molecule has 114 valence electrons. The maximum absolute atomic E-state index is 12.3. The summed E-state index contributed by atoms with van der Waals surface area (Å²) in [5.74, 6) is -0.0360. The van der Waals surface area contributed by atoms with Gasteiger partial charge >= 0.3 is 5.97 Å². The van der Waals surface area contributed by atoms with Crippen molar-refractivity contribution in [1.29, 1.82) is 0 Å². The Kier molecular flexibility index (Phi) is 4.39. The van der Waals surface area contributed by atoms with Crippen molar-refractivity contribution in [2.45, 2.75) is 6.92 Å². The molecule has 0 aliphatic heterocycles. The van der Waals surface area contributed by atoms with E-state index in [0.717, 1.165) is 16.7 Å². The molecule has 0 amide bonds. The molecule has 0 heterocycles. The zero-order valence-electron chi connectivity index (χ0n) is 12.7. The average Bonchev–Trinajstić information content (AvgIpc) is 2.62. The molecule has 0 saturated heterocycles. The lowest BCUT2D eigenvalue weighted by atomic mass is 10.00. The second-order valence-electron chi connectivity index (χ2n) is 5.18. The number of carbonyl (C=O) groups excluding carboxylic acids is 1. The molecule has 0 fully saturated rings. The summed E-state index contributed by atoms with van der Waals surface area (Å²) < 4.78 is 0. The van der Waals surface area contributed by atoms with Gasteiger partial charge in [-0.3, -0.25) is 4.89 Å². The van der Waals surface area contributed by atoms with Crippen LogP contribution >= 0.6 is 0 Å². The number of aryl methyl sites for hydroxylation is 1. The lowest BCUT2D eigenvalue weighted by Gasteiger charge is -2.09. The fraction of sp³-hybridized carbons (Fsp3) is 0.0500. The molecule has 3 aromatic rings. The van der Waals surface area contributed by atoms with Crippen molar-refractivity contribution in [3.63, 3.8) is 0 Å². The molecular weight excluding hydrogens is 288 g/mol. The smallest absolute Gasteiger partial charge is 0.287 e. The minimum Gasteiger partial charge on any atom is -0.287 e. The summed E-state index contributed by atoms with van der Waals surface area (Å²) >= 11 is 0. The third-order valence-electron chi connectivity index (χ3n) is 3.47. The Labute approximate surface area is 135 Å². The lowest BCUT2D eigenvalue weighted by Crippen LogP contribution is -2.09.